The van der Waals surface area contributed by atoms with Crippen molar-refractivity contribution < 1.29 is 4.79 Å². The molecule has 2 aromatic rings. The Morgan fingerprint density at radius 2 is 2.12 bits per heavy atom. The lowest BCUT2D eigenvalue weighted by atomic mass is 10.0. The van der Waals surface area contributed by atoms with Crippen LogP contribution in [0.4, 0.5) is 0 Å². The summed E-state index contributed by atoms with van der Waals surface area (Å²) in [6, 6.07) is 7.92. The van der Waals surface area contributed by atoms with Crippen LogP contribution in [0.3, 0.4) is 0 Å². The van der Waals surface area contributed by atoms with Crippen LogP contribution in [-0.4, -0.2) is 46.3 Å². The highest BCUT2D eigenvalue weighted by Crippen LogP contribution is 2.21. The molecule has 0 N–H and O–H groups in total. The van der Waals surface area contributed by atoms with Crippen molar-refractivity contribution in [3.05, 3.63) is 58.7 Å². The SMILES string of the molecule is CC(C)c1ncc2c(n1)CN(Cc1cccc(C(=O)N(C)C)c1)CC2. The maximum Gasteiger partial charge on any atom is 0.253 e. The van der Waals surface area contributed by atoms with E-state index < -0.39 is 0 Å². The minimum atomic E-state index is 0.0418. The molecule has 0 aliphatic carbocycles. The molecule has 0 unspecified atom stereocenters. The molecule has 1 aliphatic heterocycles. The third-order valence-electron chi connectivity index (χ3n) is 4.55. The summed E-state index contributed by atoms with van der Waals surface area (Å²) in [5.41, 5.74) is 4.31. The van der Waals surface area contributed by atoms with E-state index in [1.807, 2.05) is 24.4 Å². The molecule has 5 heteroatoms. The Morgan fingerprint density at radius 3 is 2.84 bits per heavy atom. The van der Waals surface area contributed by atoms with Gasteiger partial charge in [-0.05, 0) is 29.7 Å². The van der Waals surface area contributed by atoms with Gasteiger partial charge in [-0.2, -0.15) is 0 Å². The summed E-state index contributed by atoms with van der Waals surface area (Å²) in [5, 5.41) is 0. The van der Waals surface area contributed by atoms with Crippen LogP contribution in [0.2, 0.25) is 0 Å². The average molecular weight is 338 g/mol. The van der Waals surface area contributed by atoms with E-state index >= 15 is 0 Å². The second-order valence-corrected chi connectivity index (χ2v) is 7.22. The second kappa shape index (κ2) is 7.31. The molecule has 0 radical (unpaired) electrons. The number of hydrogen-bond acceptors (Lipinski definition) is 4. The van der Waals surface area contributed by atoms with E-state index in [1.54, 1.807) is 19.0 Å². The molecule has 1 aromatic carbocycles. The Hall–Kier alpha value is -2.27. The van der Waals surface area contributed by atoms with E-state index in [-0.39, 0.29) is 5.91 Å². The molecule has 1 aromatic heterocycles. The van der Waals surface area contributed by atoms with E-state index in [0.29, 0.717) is 5.92 Å². The smallest absolute Gasteiger partial charge is 0.253 e. The number of rotatable bonds is 4. The van der Waals surface area contributed by atoms with Crippen molar-refractivity contribution in [3.8, 4) is 0 Å². The molecule has 1 amide bonds. The van der Waals surface area contributed by atoms with Crippen LogP contribution in [-0.2, 0) is 19.5 Å². The highest BCUT2D eigenvalue weighted by molar-refractivity contribution is 5.94. The van der Waals surface area contributed by atoms with Crippen molar-refractivity contribution in [3.63, 3.8) is 0 Å². The van der Waals surface area contributed by atoms with Crippen LogP contribution in [0.25, 0.3) is 0 Å². The number of carbonyl (C=O) groups is 1. The topological polar surface area (TPSA) is 49.3 Å². The Labute approximate surface area is 149 Å². The minimum absolute atomic E-state index is 0.0418. The highest BCUT2D eigenvalue weighted by atomic mass is 16.2. The van der Waals surface area contributed by atoms with Crippen molar-refractivity contribution in [2.24, 2.45) is 0 Å². The van der Waals surface area contributed by atoms with Gasteiger partial charge in [-0.15, -0.1) is 0 Å². The van der Waals surface area contributed by atoms with Crippen LogP contribution >= 0.6 is 0 Å². The molecule has 1 aliphatic rings. The molecular formula is C20H26N4O. The zero-order valence-electron chi connectivity index (χ0n) is 15.5. The molecule has 25 heavy (non-hydrogen) atoms. The summed E-state index contributed by atoms with van der Waals surface area (Å²) in [6.45, 7) is 6.90. The predicted molar refractivity (Wildman–Crippen MR) is 98.4 cm³/mol. The van der Waals surface area contributed by atoms with Gasteiger partial charge in [0.1, 0.15) is 5.82 Å². The van der Waals surface area contributed by atoms with Gasteiger partial charge in [0.05, 0.1) is 5.69 Å². The van der Waals surface area contributed by atoms with Crippen molar-refractivity contribution in [1.29, 1.82) is 0 Å². The van der Waals surface area contributed by atoms with Crippen molar-refractivity contribution >= 4 is 5.91 Å². The van der Waals surface area contributed by atoms with Gasteiger partial charge in [-0.1, -0.05) is 26.0 Å². The number of benzene rings is 1. The number of aromatic nitrogens is 2. The molecule has 3 rings (SSSR count). The summed E-state index contributed by atoms with van der Waals surface area (Å²) in [6.07, 6.45) is 2.97. The molecule has 0 atom stereocenters. The Bertz CT molecular complexity index is 770. The van der Waals surface area contributed by atoms with Gasteiger partial charge in [0.2, 0.25) is 0 Å². The molecular weight excluding hydrogens is 312 g/mol. The lowest BCUT2D eigenvalue weighted by Gasteiger charge is -2.28. The van der Waals surface area contributed by atoms with Crippen LogP contribution in [0.1, 0.15) is 52.8 Å². The van der Waals surface area contributed by atoms with Gasteiger partial charge >= 0.3 is 0 Å². The lowest BCUT2D eigenvalue weighted by molar-refractivity contribution is 0.0827. The quantitative estimate of drug-likeness (QED) is 0.860. The Balaban J connectivity index is 1.74. The molecule has 0 saturated heterocycles. The van der Waals surface area contributed by atoms with Gasteiger partial charge < -0.3 is 4.90 Å². The molecule has 0 bridgehead atoms. The van der Waals surface area contributed by atoms with Gasteiger partial charge in [-0.25, -0.2) is 9.97 Å². The number of fused-ring (bicyclic) bond motifs is 1. The van der Waals surface area contributed by atoms with Gasteiger partial charge in [0.25, 0.3) is 5.91 Å². The average Bonchev–Trinajstić information content (AvgIpc) is 2.60. The van der Waals surface area contributed by atoms with Gasteiger partial charge in [-0.3, -0.25) is 9.69 Å². The highest BCUT2D eigenvalue weighted by Gasteiger charge is 2.19. The molecule has 132 valence electrons. The first-order valence-corrected chi connectivity index (χ1v) is 8.81. The first-order valence-electron chi connectivity index (χ1n) is 8.81. The van der Waals surface area contributed by atoms with Crippen molar-refractivity contribution in [1.82, 2.24) is 19.8 Å². The molecule has 0 fully saturated rings. The number of hydrogen-bond donors (Lipinski definition) is 0. The number of nitrogens with zero attached hydrogens (tertiary/aromatic N) is 4. The van der Waals surface area contributed by atoms with Crippen LogP contribution in [0.5, 0.6) is 0 Å². The van der Waals surface area contributed by atoms with E-state index in [9.17, 15) is 4.79 Å². The second-order valence-electron chi connectivity index (χ2n) is 7.22. The Morgan fingerprint density at radius 1 is 1.32 bits per heavy atom. The monoisotopic (exact) mass is 338 g/mol. The minimum Gasteiger partial charge on any atom is -0.345 e. The molecule has 2 heterocycles. The maximum absolute atomic E-state index is 12.1. The third-order valence-corrected chi connectivity index (χ3v) is 4.55. The zero-order valence-corrected chi connectivity index (χ0v) is 15.5. The first-order chi connectivity index (χ1) is 11.9. The van der Waals surface area contributed by atoms with Crippen LogP contribution < -0.4 is 0 Å². The normalized spacial score (nSPS) is 14.4. The van der Waals surface area contributed by atoms with E-state index in [2.05, 4.69) is 29.8 Å². The van der Waals surface area contributed by atoms with Crippen molar-refractivity contribution in [2.75, 3.05) is 20.6 Å². The summed E-state index contributed by atoms with van der Waals surface area (Å²) in [4.78, 5) is 25.4. The fourth-order valence-corrected chi connectivity index (χ4v) is 3.10. The number of carbonyl (C=O) groups excluding carboxylic acids is 1. The third kappa shape index (κ3) is 4.04. The summed E-state index contributed by atoms with van der Waals surface area (Å²) < 4.78 is 0. The maximum atomic E-state index is 12.1. The zero-order chi connectivity index (χ0) is 18.0. The predicted octanol–water partition coefficient (Wildman–Crippen LogP) is 2.86. The standard InChI is InChI=1S/C20H26N4O/c1-14(2)19-21-11-17-8-9-24(13-18(17)22-19)12-15-6-5-7-16(10-15)20(25)23(3)4/h5-7,10-11,14H,8-9,12-13H2,1-4H3. The Kier molecular flexibility index (Phi) is 5.13. The van der Waals surface area contributed by atoms with E-state index in [4.69, 9.17) is 4.98 Å². The molecule has 0 saturated carbocycles. The van der Waals surface area contributed by atoms with Crippen molar-refractivity contribution in [2.45, 2.75) is 39.3 Å². The lowest BCUT2D eigenvalue weighted by Crippen LogP contribution is -2.31. The molecule has 0 spiro atoms. The van der Waals surface area contributed by atoms with E-state index in [1.165, 1.54) is 5.56 Å². The first kappa shape index (κ1) is 17.5. The van der Waals surface area contributed by atoms with Gasteiger partial charge in [0, 0.05) is 51.4 Å². The van der Waals surface area contributed by atoms with E-state index in [0.717, 1.165) is 48.7 Å². The number of amides is 1. The molecule has 5 nitrogen and oxygen atoms in total. The summed E-state index contributed by atoms with van der Waals surface area (Å²) in [5.74, 6) is 1.30. The summed E-state index contributed by atoms with van der Waals surface area (Å²) >= 11 is 0. The fourth-order valence-electron chi connectivity index (χ4n) is 3.10. The fraction of sp³-hybridized carbons (Fsp3) is 0.450. The summed E-state index contributed by atoms with van der Waals surface area (Å²) in [7, 11) is 3.56. The van der Waals surface area contributed by atoms with Crippen LogP contribution in [0, 0.1) is 0 Å². The van der Waals surface area contributed by atoms with Crippen LogP contribution in [0.15, 0.2) is 30.5 Å². The van der Waals surface area contributed by atoms with Gasteiger partial charge in [0.15, 0.2) is 0 Å². The largest absolute Gasteiger partial charge is 0.345 e.